The highest BCUT2D eigenvalue weighted by Gasteiger charge is 2.42. The second-order valence-corrected chi connectivity index (χ2v) is 5.99. The maximum atomic E-state index is 12.4. The number of rotatable bonds is 4. The highest BCUT2D eigenvalue weighted by molar-refractivity contribution is 7.80. The van der Waals surface area contributed by atoms with Gasteiger partial charge in [-0.05, 0) is 19.8 Å². The van der Waals surface area contributed by atoms with E-state index in [2.05, 4.69) is 5.32 Å². The summed E-state index contributed by atoms with van der Waals surface area (Å²) in [6.45, 7) is 1.34. The Morgan fingerprint density at radius 3 is 2.20 bits per heavy atom. The molecule has 0 aliphatic heterocycles. The number of carbonyl (C=O) groups is 1. The molecule has 1 rings (SSSR count). The minimum absolute atomic E-state index is 0.0936. The molecular weight excluding hydrogens is 289 g/mol. The van der Waals surface area contributed by atoms with Gasteiger partial charge in [0.05, 0.1) is 16.8 Å². The van der Waals surface area contributed by atoms with Crippen molar-refractivity contribution in [2.24, 2.45) is 11.1 Å². The molecule has 0 aromatic carbocycles. The summed E-state index contributed by atoms with van der Waals surface area (Å²) < 4.78 is 36.9. The van der Waals surface area contributed by atoms with Crippen LogP contribution in [0.1, 0.15) is 51.9 Å². The molecule has 3 N–H and O–H groups in total. The summed E-state index contributed by atoms with van der Waals surface area (Å²) in [6.07, 6.45) is -0.680. The van der Waals surface area contributed by atoms with Gasteiger partial charge in [-0.3, -0.25) is 4.79 Å². The Labute approximate surface area is 122 Å². The van der Waals surface area contributed by atoms with Crippen LogP contribution in [0.3, 0.4) is 0 Å². The maximum absolute atomic E-state index is 12.4. The standard InChI is InChI=1S/C13H21F3N2OS/c1-9(8-13(14,15)16)18-11(19)12(10(17)20)6-4-2-3-5-7-12/h9H,2-8H2,1H3,(H2,17,20)(H,18,19). The van der Waals surface area contributed by atoms with Crippen molar-refractivity contribution in [3.05, 3.63) is 0 Å². The molecule has 1 saturated carbocycles. The van der Waals surface area contributed by atoms with Crippen LogP contribution in [0.25, 0.3) is 0 Å². The quantitative estimate of drug-likeness (QED) is 0.620. The van der Waals surface area contributed by atoms with Crippen LogP contribution in [0.4, 0.5) is 13.2 Å². The summed E-state index contributed by atoms with van der Waals surface area (Å²) in [5.41, 5.74) is 4.74. The highest BCUT2D eigenvalue weighted by Crippen LogP contribution is 2.36. The number of nitrogens with two attached hydrogens (primary N) is 1. The van der Waals surface area contributed by atoms with Crippen LogP contribution in [-0.4, -0.2) is 23.1 Å². The summed E-state index contributed by atoms with van der Waals surface area (Å²) in [4.78, 5) is 12.5. The van der Waals surface area contributed by atoms with E-state index in [1.165, 1.54) is 6.92 Å². The minimum atomic E-state index is -4.30. The van der Waals surface area contributed by atoms with Gasteiger partial charge < -0.3 is 11.1 Å². The molecule has 20 heavy (non-hydrogen) atoms. The van der Waals surface area contributed by atoms with E-state index in [9.17, 15) is 18.0 Å². The second kappa shape index (κ2) is 6.74. The highest BCUT2D eigenvalue weighted by atomic mass is 32.1. The van der Waals surface area contributed by atoms with Crippen LogP contribution in [0, 0.1) is 5.41 Å². The second-order valence-electron chi connectivity index (χ2n) is 5.55. The Hall–Kier alpha value is -0.850. The van der Waals surface area contributed by atoms with Gasteiger partial charge in [-0.1, -0.05) is 37.9 Å². The maximum Gasteiger partial charge on any atom is 0.391 e. The van der Waals surface area contributed by atoms with E-state index >= 15 is 0 Å². The molecule has 0 saturated heterocycles. The Bertz CT molecular complexity index is 363. The average molecular weight is 310 g/mol. The predicted octanol–water partition coefficient (Wildman–Crippen LogP) is 3.07. The molecule has 0 bridgehead atoms. The molecule has 1 aliphatic carbocycles. The van der Waals surface area contributed by atoms with Gasteiger partial charge in [-0.15, -0.1) is 0 Å². The third-order valence-corrected chi connectivity index (χ3v) is 4.17. The summed E-state index contributed by atoms with van der Waals surface area (Å²) in [6, 6.07) is -0.975. The van der Waals surface area contributed by atoms with Gasteiger partial charge >= 0.3 is 6.18 Å². The van der Waals surface area contributed by atoms with Crippen molar-refractivity contribution in [3.8, 4) is 0 Å². The normalized spacial score (nSPS) is 20.8. The van der Waals surface area contributed by atoms with Crippen molar-refractivity contribution in [1.29, 1.82) is 0 Å². The van der Waals surface area contributed by atoms with Gasteiger partial charge in [-0.25, -0.2) is 0 Å². The van der Waals surface area contributed by atoms with Gasteiger partial charge in [0.1, 0.15) is 0 Å². The van der Waals surface area contributed by atoms with Crippen molar-refractivity contribution in [1.82, 2.24) is 5.32 Å². The number of hydrogen-bond donors (Lipinski definition) is 2. The molecular formula is C13H21F3N2OS. The zero-order valence-corrected chi connectivity index (χ0v) is 12.4. The smallest absolute Gasteiger partial charge is 0.391 e. The number of nitrogens with one attached hydrogen (secondary N) is 1. The van der Waals surface area contributed by atoms with Crippen LogP contribution in [-0.2, 0) is 4.79 Å². The first-order valence-corrected chi connectivity index (χ1v) is 7.26. The van der Waals surface area contributed by atoms with Crippen LogP contribution >= 0.6 is 12.2 Å². The average Bonchev–Trinajstić information content (AvgIpc) is 2.51. The minimum Gasteiger partial charge on any atom is -0.392 e. The molecule has 1 fully saturated rings. The van der Waals surface area contributed by atoms with E-state index in [-0.39, 0.29) is 4.99 Å². The molecule has 0 spiro atoms. The molecule has 1 aliphatic rings. The summed E-state index contributed by atoms with van der Waals surface area (Å²) in [7, 11) is 0. The van der Waals surface area contributed by atoms with Crippen molar-refractivity contribution >= 4 is 23.1 Å². The van der Waals surface area contributed by atoms with Crippen molar-refractivity contribution < 1.29 is 18.0 Å². The Morgan fingerprint density at radius 1 is 1.30 bits per heavy atom. The first-order valence-electron chi connectivity index (χ1n) is 6.85. The van der Waals surface area contributed by atoms with Crippen molar-refractivity contribution in [3.63, 3.8) is 0 Å². The van der Waals surface area contributed by atoms with E-state index in [1.54, 1.807) is 0 Å². The third kappa shape index (κ3) is 4.61. The number of amides is 1. The zero-order valence-electron chi connectivity index (χ0n) is 11.6. The van der Waals surface area contributed by atoms with Crippen molar-refractivity contribution in [2.45, 2.75) is 64.1 Å². The SMILES string of the molecule is CC(CC(F)(F)F)NC(=O)C1(C(N)=S)CCCCCC1. The topological polar surface area (TPSA) is 55.1 Å². The number of thiocarbonyl (C=S) groups is 1. The number of carbonyl (C=O) groups excluding carboxylic acids is 1. The monoisotopic (exact) mass is 310 g/mol. The molecule has 1 amide bonds. The summed E-state index contributed by atoms with van der Waals surface area (Å²) in [5.74, 6) is -0.455. The van der Waals surface area contributed by atoms with Gasteiger partial charge in [0, 0.05) is 6.04 Å². The van der Waals surface area contributed by atoms with E-state index in [0.29, 0.717) is 12.8 Å². The molecule has 0 radical (unpaired) electrons. The molecule has 0 aromatic rings. The Balaban J connectivity index is 2.76. The number of halogens is 3. The lowest BCUT2D eigenvalue weighted by Gasteiger charge is -2.31. The first-order chi connectivity index (χ1) is 9.17. The third-order valence-electron chi connectivity index (χ3n) is 3.78. The van der Waals surface area contributed by atoms with E-state index < -0.39 is 30.0 Å². The fraction of sp³-hybridized carbons (Fsp3) is 0.846. The Kier molecular flexibility index (Phi) is 5.79. The largest absolute Gasteiger partial charge is 0.392 e. The lowest BCUT2D eigenvalue weighted by molar-refractivity contribution is -0.143. The van der Waals surface area contributed by atoms with Crippen LogP contribution < -0.4 is 11.1 Å². The molecule has 116 valence electrons. The number of alkyl halides is 3. The zero-order chi connectivity index (χ0) is 15.4. The lowest BCUT2D eigenvalue weighted by Crippen LogP contribution is -2.51. The fourth-order valence-corrected chi connectivity index (χ4v) is 2.97. The van der Waals surface area contributed by atoms with Crippen LogP contribution in [0.15, 0.2) is 0 Å². The van der Waals surface area contributed by atoms with E-state index in [0.717, 1.165) is 25.7 Å². The Morgan fingerprint density at radius 2 is 1.80 bits per heavy atom. The molecule has 3 nitrogen and oxygen atoms in total. The molecule has 0 heterocycles. The predicted molar refractivity (Wildman–Crippen MR) is 75.2 cm³/mol. The summed E-state index contributed by atoms with van der Waals surface area (Å²) in [5, 5.41) is 2.43. The molecule has 0 aromatic heterocycles. The van der Waals surface area contributed by atoms with Crippen molar-refractivity contribution in [2.75, 3.05) is 0 Å². The fourth-order valence-electron chi connectivity index (χ4n) is 2.68. The van der Waals surface area contributed by atoms with E-state index in [4.69, 9.17) is 18.0 Å². The van der Waals surface area contributed by atoms with Gasteiger partial charge in [0.25, 0.3) is 0 Å². The number of hydrogen-bond acceptors (Lipinski definition) is 2. The first kappa shape index (κ1) is 17.2. The van der Waals surface area contributed by atoms with Gasteiger partial charge in [-0.2, -0.15) is 13.2 Å². The molecule has 1 atom stereocenters. The van der Waals surface area contributed by atoms with Gasteiger partial charge in [0.2, 0.25) is 5.91 Å². The van der Waals surface area contributed by atoms with Crippen LogP contribution in [0.2, 0.25) is 0 Å². The van der Waals surface area contributed by atoms with E-state index in [1.807, 2.05) is 0 Å². The van der Waals surface area contributed by atoms with Crippen LogP contribution in [0.5, 0.6) is 0 Å². The summed E-state index contributed by atoms with van der Waals surface area (Å²) >= 11 is 5.02. The molecule has 7 heteroatoms. The molecule has 1 unspecified atom stereocenters. The van der Waals surface area contributed by atoms with Gasteiger partial charge in [0.15, 0.2) is 0 Å². The lowest BCUT2D eigenvalue weighted by atomic mass is 9.79.